The molecule has 1 aliphatic rings. The number of ether oxygens (including phenoxy) is 1. The van der Waals surface area contributed by atoms with Crippen LogP contribution in [0.4, 0.5) is 0 Å². The number of allylic oxidation sites excluding steroid dienone is 5. The summed E-state index contributed by atoms with van der Waals surface area (Å²) in [5.41, 5.74) is 0. The minimum atomic E-state index is 0.217. The van der Waals surface area contributed by atoms with Crippen LogP contribution in [0.5, 0.6) is 0 Å². The summed E-state index contributed by atoms with van der Waals surface area (Å²) >= 11 is 3.61. The lowest BCUT2D eigenvalue weighted by Gasteiger charge is -2.13. The van der Waals surface area contributed by atoms with Crippen molar-refractivity contribution in [3.8, 4) is 0 Å². The fraction of sp³-hybridized carbons (Fsp3) is 0.571. The van der Waals surface area contributed by atoms with E-state index in [2.05, 4.69) is 46.3 Å². The van der Waals surface area contributed by atoms with E-state index < -0.39 is 0 Å². The molecule has 1 rings (SSSR count). The molecule has 0 spiro atoms. The average molecular weight is 285 g/mol. The van der Waals surface area contributed by atoms with E-state index in [-0.39, 0.29) is 6.10 Å². The van der Waals surface area contributed by atoms with Crippen LogP contribution in [0, 0.1) is 0 Å². The molecule has 0 amide bonds. The standard InChI is InChI=1S/C14H21BrO/c1-16-14-12-10-8-6-4-2-3-5-7-9-11-13(14)15/h3,5-6,8,11,14H,2,4,7,9-10,12H2,1H3/b5-3-,8-6-,13-11+. The van der Waals surface area contributed by atoms with Crippen LogP contribution in [0.2, 0.25) is 0 Å². The van der Waals surface area contributed by atoms with Gasteiger partial charge in [-0.1, -0.05) is 46.3 Å². The molecular formula is C14H21BrO. The minimum absolute atomic E-state index is 0.217. The monoisotopic (exact) mass is 284 g/mol. The van der Waals surface area contributed by atoms with Crippen LogP contribution in [0.25, 0.3) is 0 Å². The number of halogens is 1. The first-order valence-electron chi connectivity index (χ1n) is 6.03. The van der Waals surface area contributed by atoms with E-state index in [4.69, 9.17) is 4.74 Å². The van der Waals surface area contributed by atoms with Crippen molar-refractivity contribution >= 4 is 15.9 Å². The van der Waals surface area contributed by atoms with Crippen molar-refractivity contribution < 1.29 is 4.74 Å². The van der Waals surface area contributed by atoms with Crippen molar-refractivity contribution in [2.45, 2.75) is 44.6 Å². The SMILES string of the molecule is COC1CC/C=C\CC/C=C\CC/C=C\1Br. The fourth-order valence-corrected chi connectivity index (χ4v) is 2.37. The van der Waals surface area contributed by atoms with Crippen LogP contribution in [0.15, 0.2) is 34.9 Å². The summed E-state index contributed by atoms with van der Waals surface area (Å²) < 4.78 is 6.66. The summed E-state index contributed by atoms with van der Waals surface area (Å²) in [6.45, 7) is 0. The molecule has 0 saturated carbocycles. The number of hydrogen-bond acceptors (Lipinski definition) is 1. The number of hydrogen-bond donors (Lipinski definition) is 0. The molecule has 90 valence electrons. The molecule has 1 nitrogen and oxygen atoms in total. The van der Waals surface area contributed by atoms with Crippen LogP contribution in [0.1, 0.15) is 38.5 Å². The Morgan fingerprint density at radius 3 is 2.19 bits per heavy atom. The second-order valence-electron chi connectivity index (χ2n) is 3.99. The largest absolute Gasteiger partial charge is 0.376 e. The molecule has 1 aliphatic carbocycles. The summed E-state index contributed by atoms with van der Waals surface area (Å²) in [6, 6.07) is 0. The van der Waals surface area contributed by atoms with Crippen molar-refractivity contribution in [3.05, 3.63) is 34.9 Å². The molecule has 0 aromatic carbocycles. The smallest absolute Gasteiger partial charge is 0.0885 e. The molecule has 16 heavy (non-hydrogen) atoms. The molecule has 0 aromatic heterocycles. The quantitative estimate of drug-likeness (QED) is 0.632. The van der Waals surface area contributed by atoms with Crippen LogP contribution in [0.3, 0.4) is 0 Å². The Hall–Kier alpha value is -0.340. The Balaban J connectivity index is 2.57. The second kappa shape index (κ2) is 8.77. The molecule has 0 N–H and O–H groups in total. The number of rotatable bonds is 1. The van der Waals surface area contributed by atoms with Gasteiger partial charge in [0, 0.05) is 11.6 Å². The lowest BCUT2D eigenvalue weighted by molar-refractivity contribution is 0.132. The average Bonchev–Trinajstić information content (AvgIpc) is 2.31. The number of methoxy groups -OCH3 is 1. The van der Waals surface area contributed by atoms with Gasteiger partial charge in [-0.3, -0.25) is 0 Å². The zero-order valence-corrected chi connectivity index (χ0v) is 11.6. The third-order valence-corrected chi connectivity index (χ3v) is 3.53. The second-order valence-corrected chi connectivity index (χ2v) is 4.90. The van der Waals surface area contributed by atoms with E-state index in [1.54, 1.807) is 7.11 Å². The molecule has 2 heteroatoms. The Bertz CT molecular complexity index is 266. The lowest BCUT2D eigenvalue weighted by Crippen LogP contribution is -2.09. The maximum Gasteiger partial charge on any atom is 0.0885 e. The van der Waals surface area contributed by atoms with Gasteiger partial charge in [-0.2, -0.15) is 0 Å². The summed E-state index contributed by atoms with van der Waals surface area (Å²) in [5.74, 6) is 0. The highest BCUT2D eigenvalue weighted by molar-refractivity contribution is 9.11. The first-order chi connectivity index (χ1) is 7.84. The predicted molar refractivity (Wildman–Crippen MR) is 73.8 cm³/mol. The Morgan fingerprint density at radius 1 is 1.00 bits per heavy atom. The van der Waals surface area contributed by atoms with Crippen LogP contribution < -0.4 is 0 Å². The summed E-state index contributed by atoms with van der Waals surface area (Å²) in [6.07, 6.45) is 18.2. The van der Waals surface area contributed by atoms with Crippen molar-refractivity contribution in [3.63, 3.8) is 0 Å². The molecule has 0 fully saturated rings. The Kier molecular flexibility index (Phi) is 7.52. The van der Waals surface area contributed by atoms with Gasteiger partial charge >= 0.3 is 0 Å². The van der Waals surface area contributed by atoms with E-state index in [9.17, 15) is 0 Å². The van der Waals surface area contributed by atoms with Gasteiger partial charge in [0.25, 0.3) is 0 Å². The lowest BCUT2D eigenvalue weighted by atomic mass is 10.1. The fourth-order valence-electron chi connectivity index (χ4n) is 1.73. The van der Waals surface area contributed by atoms with E-state index in [0.29, 0.717) is 0 Å². The molecule has 1 atom stereocenters. The molecule has 0 aliphatic heterocycles. The third kappa shape index (κ3) is 5.66. The maximum atomic E-state index is 5.47. The third-order valence-electron chi connectivity index (χ3n) is 2.69. The van der Waals surface area contributed by atoms with Crippen molar-refractivity contribution in [1.82, 2.24) is 0 Å². The summed E-state index contributed by atoms with van der Waals surface area (Å²) in [4.78, 5) is 0. The molecule has 0 radical (unpaired) electrons. The van der Waals surface area contributed by atoms with Gasteiger partial charge < -0.3 is 4.74 Å². The first kappa shape index (κ1) is 13.7. The summed E-state index contributed by atoms with van der Waals surface area (Å²) in [7, 11) is 1.78. The van der Waals surface area contributed by atoms with E-state index >= 15 is 0 Å². The zero-order valence-electron chi connectivity index (χ0n) is 9.99. The Labute approximate surface area is 107 Å². The van der Waals surface area contributed by atoms with Gasteiger partial charge in [0.05, 0.1) is 6.10 Å². The van der Waals surface area contributed by atoms with E-state index in [0.717, 1.165) is 38.5 Å². The van der Waals surface area contributed by atoms with Gasteiger partial charge in [0.15, 0.2) is 0 Å². The molecule has 0 saturated heterocycles. The van der Waals surface area contributed by atoms with Gasteiger partial charge in [-0.05, 0) is 38.5 Å². The molecule has 1 unspecified atom stereocenters. The van der Waals surface area contributed by atoms with Gasteiger partial charge in [-0.15, -0.1) is 0 Å². The van der Waals surface area contributed by atoms with Crippen LogP contribution in [-0.4, -0.2) is 13.2 Å². The Morgan fingerprint density at radius 2 is 1.56 bits per heavy atom. The molecule has 0 aromatic rings. The van der Waals surface area contributed by atoms with Gasteiger partial charge in [-0.25, -0.2) is 0 Å². The van der Waals surface area contributed by atoms with Crippen molar-refractivity contribution in [2.24, 2.45) is 0 Å². The van der Waals surface area contributed by atoms with Gasteiger partial charge in [0.1, 0.15) is 0 Å². The minimum Gasteiger partial charge on any atom is -0.376 e. The maximum absolute atomic E-state index is 5.47. The molecular weight excluding hydrogens is 264 g/mol. The normalized spacial score (nSPS) is 31.4. The predicted octanol–water partition coefficient (Wildman–Crippen LogP) is 4.75. The molecule has 0 bridgehead atoms. The van der Waals surface area contributed by atoms with Gasteiger partial charge in [0.2, 0.25) is 0 Å². The van der Waals surface area contributed by atoms with E-state index in [1.807, 2.05) is 0 Å². The van der Waals surface area contributed by atoms with Crippen molar-refractivity contribution in [2.75, 3.05) is 7.11 Å². The van der Waals surface area contributed by atoms with Crippen LogP contribution in [-0.2, 0) is 4.74 Å². The van der Waals surface area contributed by atoms with Crippen molar-refractivity contribution in [1.29, 1.82) is 0 Å². The highest BCUT2D eigenvalue weighted by atomic mass is 79.9. The highest BCUT2D eigenvalue weighted by Gasteiger charge is 2.09. The summed E-state index contributed by atoms with van der Waals surface area (Å²) in [5, 5.41) is 0. The topological polar surface area (TPSA) is 9.23 Å². The van der Waals surface area contributed by atoms with Crippen LogP contribution >= 0.6 is 15.9 Å². The molecule has 0 heterocycles. The van der Waals surface area contributed by atoms with E-state index in [1.165, 1.54) is 4.48 Å². The zero-order chi connectivity index (χ0) is 11.6. The highest BCUT2D eigenvalue weighted by Crippen LogP contribution is 2.20. The first-order valence-corrected chi connectivity index (χ1v) is 6.82.